The molecule has 2 heterocycles. The minimum absolute atomic E-state index is 0.102. The van der Waals surface area contributed by atoms with E-state index in [4.69, 9.17) is 18.3 Å². The van der Waals surface area contributed by atoms with Crippen LogP contribution in [0.3, 0.4) is 0 Å². The van der Waals surface area contributed by atoms with Crippen LogP contribution in [0.4, 0.5) is 5.69 Å². The molecule has 0 bridgehead atoms. The molecule has 0 saturated heterocycles. The molecule has 120 valence electrons. The highest BCUT2D eigenvalue weighted by molar-refractivity contribution is 6.39. The lowest BCUT2D eigenvalue weighted by Crippen LogP contribution is -2.11. The zero-order chi connectivity index (χ0) is 17.5. The van der Waals surface area contributed by atoms with Crippen LogP contribution in [0.15, 0.2) is 36.4 Å². The van der Waals surface area contributed by atoms with Crippen molar-refractivity contribution in [3.8, 4) is 28.7 Å². The normalized spacial score (nSPS) is 12.4. The molecule has 1 aliphatic rings. The van der Waals surface area contributed by atoms with Crippen LogP contribution in [-0.2, 0) is 0 Å². The van der Waals surface area contributed by atoms with Crippen LogP contribution in [0.25, 0.3) is 27.5 Å². The van der Waals surface area contributed by atoms with Gasteiger partial charge in [-0.3, -0.25) is 0 Å². The first kappa shape index (κ1) is 14.1. The molecule has 25 heavy (non-hydrogen) atoms. The van der Waals surface area contributed by atoms with Crippen molar-refractivity contribution in [2.75, 3.05) is 5.73 Å². The van der Waals surface area contributed by atoms with Crippen molar-refractivity contribution in [3.63, 3.8) is 0 Å². The number of nitrogens with zero attached hydrogens (tertiary/aromatic N) is 1. The number of benzene rings is 3. The van der Waals surface area contributed by atoms with Gasteiger partial charge in [0.25, 0.3) is 0 Å². The monoisotopic (exact) mass is 328 g/mol. The third-order valence-electron chi connectivity index (χ3n) is 4.81. The Hall–Kier alpha value is -3.28. The molecule has 0 fully saturated rings. The number of hydrogen-bond acceptors (Lipinski definition) is 4. The second-order valence-electron chi connectivity index (χ2n) is 6.30. The summed E-state index contributed by atoms with van der Waals surface area (Å²) in [7, 11) is 5.91. The number of phenols is 2. The Morgan fingerprint density at radius 1 is 1.12 bits per heavy atom. The highest BCUT2D eigenvalue weighted by Crippen LogP contribution is 2.51. The van der Waals surface area contributed by atoms with E-state index < -0.39 is 0 Å². The molecule has 0 unspecified atom stereocenters. The van der Waals surface area contributed by atoms with Crippen LogP contribution < -0.4 is 15.9 Å². The first-order chi connectivity index (χ1) is 12.0. The summed E-state index contributed by atoms with van der Waals surface area (Å²) in [6, 6.07) is 11.1. The maximum Gasteiger partial charge on any atom is 0.193 e. The van der Waals surface area contributed by atoms with E-state index in [9.17, 15) is 10.2 Å². The van der Waals surface area contributed by atoms with Crippen LogP contribution in [-0.4, -0.2) is 22.6 Å². The molecule has 0 aliphatic carbocycles. The SMILES string of the molecule is [B]c1c(O)c2c3c(c1O)c1ccc(N)cc1n3-c1c(C)cccc1O2. The van der Waals surface area contributed by atoms with Gasteiger partial charge in [-0.2, -0.15) is 0 Å². The standard InChI is InChI=1S/C19H13BN2O3/c1-8-3-2-4-12-15(8)22-11-7-9(21)5-6-10(11)13-16(22)19(25-12)18(24)14(20)17(13)23/h2-7,23-24H,21H2,1H3. The lowest BCUT2D eigenvalue weighted by molar-refractivity contribution is 0.407. The average molecular weight is 328 g/mol. The zero-order valence-electron chi connectivity index (χ0n) is 13.4. The lowest BCUT2D eigenvalue weighted by atomic mass is 9.90. The minimum Gasteiger partial charge on any atom is -0.508 e. The number of nitrogen functional groups attached to an aromatic ring is 1. The molecule has 4 aromatic rings. The van der Waals surface area contributed by atoms with Gasteiger partial charge in [-0.25, -0.2) is 0 Å². The number of aromatic hydroxyl groups is 2. The van der Waals surface area contributed by atoms with Gasteiger partial charge in [0.2, 0.25) is 0 Å². The largest absolute Gasteiger partial charge is 0.508 e. The van der Waals surface area contributed by atoms with Crippen LogP contribution >= 0.6 is 0 Å². The van der Waals surface area contributed by atoms with Crippen molar-refractivity contribution < 1.29 is 14.9 Å². The number of ether oxygens (including phenoxy) is 1. The van der Waals surface area contributed by atoms with Crippen LogP contribution in [0.1, 0.15) is 5.56 Å². The zero-order valence-corrected chi connectivity index (χ0v) is 13.4. The van der Waals surface area contributed by atoms with Gasteiger partial charge in [-0.15, -0.1) is 0 Å². The second-order valence-corrected chi connectivity index (χ2v) is 6.30. The number of anilines is 1. The quantitative estimate of drug-likeness (QED) is 0.302. The predicted molar refractivity (Wildman–Crippen MR) is 98.7 cm³/mol. The maximum atomic E-state index is 10.6. The lowest BCUT2D eigenvalue weighted by Gasteiger charge is -2.24. The summed E-state index contributed by atoms with van der Waals surface area (Å²) in [5, 5.41) is 22.4. The Labute approximate surface area is 144 Å². The highest BCUT2D eigenvalue weighted by atomic mass is 16.5. The number of para-hydroxylation sites is 1. The molecule has 5 rings (SSSR count). The fourth-order valence-corrected chi connectivity index (χ4v) is 3.68. The number of hydrogen-bond donors (Lipinski definition) is 3. The summed E-state index contributed by atoms with van der Waals surface area (Å²) in [6.07, 6.45) is 0. The first-order valence-electron chi connectivity index (χ1n) is 7.84. The number of aromatic nitrogens is 1. The summed E-state index contributed by atoms with van der Waals surface area (Å²) in [5.74, 6) is 0.409. The molecule has 0 amide bonds. The summed E-state index contributed by atoms with van der Waals surface area (Å²) < 4.78 is 7.93. The molecule has 0 saturated carbocycles. The van der Waals surface area contributed by atoms with Gasteiger partial charge in [-0.05, 0) is 36.1 Å². The molecule has 0 spiro atoms. The highest BCUT2D eigenvalue weighted by Gasteiger charge is 2.30. The topological polar surface area (TPSA) is 80.6 Å². The average Bonchev–Trinajstić information content (AvgIpc) is 2.92. The van der Waals surface area contributed by atoms with E-state index in [0.717, 1.165) is 22.2 Å². The Morgan fingerprint density at radius 3 is 2.72 bits per heavy atom. The summed E-state index contributed by atoms with van der Waals surface area (Å²) in [6.45, 7) is 1.98. The van der Waals surface area contributed by atoms with Gasteiger partial charge in [0.1, 0.15) is 19.1 Å². The van der Waals surface area contributed by atoms with E-state index in [-0.39, 0.29) is 22.7 Å². The fraction of sp³-hybridized carbons (Fsp3) is 0.0526. The van der Waals surface area contributed by atoms with Crippen molar-refractivity contribution in [1.29, 1.82) is 0 Å². The minimum atomic E-state index is -0.269. The third kappa shape index (κ3) is 1.58. The van der Waals surface area contributed by atoms with Crippen molar-refractivity contribution in [1.82, 2.24) is 4.57 Å². The Morgan fingerprint density at radius 2 is 1.92 bits per heavy atom. The number of rotatable bonds is 0. The van der Waals surface area contributed by atoms with Crippen molar-refractivity contribution in [2.24, 2.45) is 0 Å². The number of fused-ring (bicyclic) bond motifs is 5. The van der Waals surface area contributed by atoms with E-state index in [1.807, 2.05) is 41.8 Å². The van der Waals surface area contributed by atoms with E-state index >= 15 is 0 Å². The van der Waals surface area contributed by atoms with Crippen molar-refractivity contribution in [2.45, 2.75) is 6.92 Å². The molecule has 6 heteroatoms. The van der Waals surface area contributed by atoms with Gasteiger partial charge < -0.3 is 25.3 Å². The van der Waals surface area contributed by atoms with Crippen LogP contribution in [0.5, 0.6) is 23.0 Å². The first-order valence-corrected chi connectivity index (χ1v) is 7.84. The molecular weight excluding hydrogens is 315 g/mol. The van der Waals surface area contributed by atoms with Gasteiger partial charge in [0, 0.05) is 11.1 Å². The van der Waals surface area contributed by atoms with Crippen molar-refractivity contribution in [3.05, 3.63) is 42.0 Å². The van der Waals surface area contributed by atoms with E-state index in [1.54, 1.807) is 6.07 Å². The molecule has 3 aromatic carbocycles. The Kier molecular flexibility index (Phi) is 2.49. The van der Waals surface area contributed by atoms with E-state index in [0.29, 0.717) is 22.3 Å². The second kappa shape index (κ2) is 4.42. The Bertz CT molecular complexity index is 1230. The molecule has 2 radical (unpaired) electrons. The number of phenolic OH excluding ortho intramolecular Hbond substituents is 2. The van der Waals surface area contributed by atoms with Gasteiger partial charge in [0.05, 0.1) is 16.6 Å². The molecule has 1 aromatic heterocycles. The van der Waals surface area contributed by atoms with Crippen LogP contribution in [0, 0.1) is 6.92 Å². The van der Waals surface area contributed by atoms with E-state index in [1.165, 1.54) is 0 Å². The van der Waals surface area contributed by atoms with Crippen molar-refractivity contribution >= 4 is 40.8 Å². The Balaban J connectivity index is 2.16. The van der Waals surface area contributed by atoms with Gasteiger partial charge >= 0.3 is 0 Å². The maximum absolute atomic E-state index is 10.6. The summed E-state index contributed by atoms with van der Waals surface area (Å²) >= 11 is 0. The summed E-state index contributed by atoms with van der Waals surface area (Å²) in [4.78, 5) is 0. The fourth-order valence-electron chi connectivity index (χ4n) is 3.68. The van der Waals surface area contributed by atoms with Crippen LogP contribution in [0.2, 0.25) is 0 Å². The predicted octanol–water partition coefficient (Wildman–Crippen LogP) is 2.99. The van der Waals surface area contributed by atoms with E-state index in [2.05, 4.69) is 0 Å². The van der Waals surface area contributed by atoms with Gasteiger partial charge in [-0.1, -0.05) is 18.2 Å². The third-order valence-corrected chi connectivity index (χ3v) is 4.81. The molecule has 1 aliphatic heterocycles. The molecular formula is C19H13BN2O3. The number of aryl methyl sites for hydroxylation is 1. The smallest absolute Gasteiger partial charge is 0.193 e. The molecule has 5 nitrogen and oxygen atoms in total. The van der Waals surface area contributed by atoms with Gasteiger partial charge in [0.15, 0.2) is 17.2 Å². The summed E-state index contributed by atoms with van der Waals surface area (Å²) in [5.41, 5.74) is 9.74. The molecule has 0 atom stereocenters. The molecule has 4 N–H and O–H groups in total. The number of nitrogens with two attached hydrogens (primary N) is 1.